The fraction of sp³-hybridized carbons (Fsp3) is 0.909. The normalized spacial score (nSPS) is 21.6. The van der Waals surface area contributed by atoms with E-state index >= 15 is 0 Å². The molecule has 0 saturated carbocycles. The van der Waals surface area contributed by atoms with Crippen LogP contribution in [-0.4, -0.2) is 36.2 Å². The molecule has 1 rings (SSSR count). The molecule has 1 N–H and O–H groups in total. The second kappa shape index (κ2) is 5.71. The Balaban J connectivity index is 2.40. The SMILES string of the molecule is CC(C)CC1NCC(=O)N1CCCC(F)(F)F. The Morgan fingerprint density at radius 2 is 2.12 bits per heavy atom. The smallest absolute Gasteiger partial charge is 0.326 e. The molecule has 1 unspecified atom stereocenters. The highest BCUT2D eigenvalue weighted by Crippen LogP contribution is 2.22. The van der Waals surface area contributed by atoms with Crippen molar-refractivity contribution in [1.29, 1.82) is 0 Å². The van der Waals surface area contributed by atoms with E-state index in [0.29, 0.717) is 5.92 Å². The van der Waals surface area contributed by atoms with Crippen molar-refractivity contribution in [3.8, 4) is 0 Å². The van der Waals surface area contributed by atoms with Gasteiger partial charge in [-0.3, -0.25) is 10.1 Å². The molecule has 1 aliphatic heterocycles. The van der Waals surface area contributed by atoms with Crippen LogP contribution in [0, 0.1) is 5.92 Å². The van der Waals surface area contributed by atoms with Crippen molar-refractivity contribution in [2.45, 2.75) is 45.5 Å². The number of rotatable bonds is 5. The zero-order valence-electron chi connectivity index (χ0n) is 10.2. The third kappa shape index (κ3) is 4.93. The summed E-state index contributed by atoms with van der Waals surface area (Å²) >= 11 is 0. The number of nitrogens with one attached hydrogen (secondary N) is 1. The Morgan fingerprint density at radius 3 is 2.65 bits per heavy atom. The average Bonchev–Trinajstić information content (AvgIpc) is 2.46. The van der Waals surface area contributed by atoms with Crippen molar-refractivity contribution < 1.29 is 18.0 Å². The van der Waals surface area contributed by atoms with Crippen molar-refractivity contribution in [3.63, 3.8) is 0 Å². The van der Waals surface area contributed by atoms with Gasteiger partial charge in [0.25, 0.3) is 0 Å². The highest BCUT2D eigenvalue weighted by atomic mass is 19.4. The molecule has 1 atom stereocenters. The molecule has 6 heteroatoms. The summed E-state index contributed by atoms with van der Waals surface area (Å²) in [5.41, 5.74) is 0. The summed E-state index contributed by atoms with van der Waals surface area (Å²) in [7, 11) is 0. The van der Waals surface area contributed by atoms with Crippen LogP contribution >= 0.6 is 0 Å². The van der Waals surface area contributed by atoms with E-state index in [1.165, 1.54) is 4.90 Å². The highest BCUT2D eigenvalue weighted by molar-refractivity contribution is 5.80. The van der Waals surface area contributed by atoms with Crippen LogP contribution in [0.4, 0.5) is 13.2 Å². The summed E-state index contributed by atoms with van der Waals surface area (Å²) in [6.45, 7) is 4.48. The van der Waals surface area contributed by atoms with Crippen molar-refractivity contribution in [2.75, 3.05) is 13.1 Å². The van der Waals surface area contributed by atoms with Crippen molar-refractivity contribution in [1.82, 2.24) is 10.2 Å². The fourth-order valence-electron chi connectivity index (χ4n) is 1.98. The maximum absolute atomic E-state index is 12.0. The Bertz CT molecular complexity index is 266. The molecular formula is C11H19F3N2O. The minimum absolute atomic E-state index is 0.0223. The highest BCUT2D eigenvalue weighted by Gasteiger charge is 2.32. The number of hydrogen-bond acceptors (Lipinski definition) is 2. The second-order valence-corrected chi connectivity index (χ2v) is 4.83. The predicted molar refractivity (Wildman–Crippen MR) is 58.2 cm³/mol. The average molecular weight is 252 g/mol. The molecule has 1 amide bonds. The van der Waals surface area contributed by atoms with Gasteiger partial charge < -0.3 is 4.90 Å². The molecular weight excluding hydrogens is 233 g/mol. The Hall–Kier alpha value is -0.780. The van der Waals surface area contributed by atoms with Crippen LogP contribution in [0.3, 0.4) is 0 Å². The van der Waals surface area contributed by atoms with Gasteiger partial charge in [-0.2, -0.15) is 13.2 Å². The van der Waals surface area contributed by atoms with Crippen molar-refractivity contribution >= 4 is 5.91 Å². The van der Waals surface area contributed by atoms with Crippen molar-refractivity contribution in [2.24, 2.45) is 5.92 Å². The Morgan fingerprint density at radius 1 is 1.47 bits per heavy atom. The van der Waals surface area contributed by atoms with E-state index in [2.05, 4.69) is 5.32 Å². The van der Waals surface area contributed by atoms with Crippen LogP contribution in [0.25, 0.3) is 0 Å². The first-order chi connectivity index (χ1) is 7.79. The molecule has 0 spiro atoms. The van der Waals surface area contributed by atoms with E-state index in [4.69, 9.17) is 0 Å². The molecule has 0 aromatic heterocycles. The minimum Gasteiger partial charge on any atom is -0.326 e. The van der Waals surface area contributed by atoms with Gasteiger partial charge in [0.1, 0.15) is 0 Å². The molecule has 1 fully saturated rings. The maximum Gasteiger partial charge on any atom is 0.389 e. The lowest BCUT2D eigenvalue weighted by molar-refractivity contribution is -0.139. The third-order valence-electron chi connectivity index (χ3n) is 2.74. The Kier molecular flexibility index (Phi) is 4.80. The first kappa shape index (κ1) is 14.3. The topological polar surface area (TPSA) is 32.3 Å². The zero-order chi connectivity index (χ0) is 13.1. The van der Waals surface area contributed by atoms with Gasteiger partial charge in [-0.05, 0) is 18.8 Å². The van der Waals surface area contributed by atoms with Crippen molar-refractivity contribution in [3.05, 3.63) is 0 Å². The summed E-state index contributed by atoms with van der Waals surface area (Å²) in [6.07, 6.45) is -4.31. The molecule has 0 aliphatic carbocycles. The van der Waals surface area contributed by atoms with Gasteiger partial charge in [0.2, 0.25) is 5.91 Å². The monoisotopic (exact) mass is 252 g/mol. The van der Waals surface area contributed by atoms with E-state index in [1.807, 2.05) is 13.8 Å². The van der Waals surface area contributed by atoms with Crippen LogP contribution in [0.5, 0.6) is 0 Å². The lowest BCUT2D eigenvalue weighted by Gasteiger charge is -2.25. The maximum atomic E-state index is 12.0. The van der Waals surface area contributed by atoms with Gasteiger partial charge in [-0.1, -0.05) is 13.8 Å². The van der Waals surface area contributed by atoms with E-state index in [1.54, 1.807) is 0 Å². The molecule has 3 nitrogen and oxygen atoms in total. The number of amides is 1. The van der Waals surface area contributed by atoms with Crippen LogP contribution in [-0.2, 0) is 4.79 Å². The minimum atomic E-state index is -4.14. The molecule has 0 radical (unpaired) electrons. The Labute approximate surface area is 99.4 Å². The number of nitrogens with zero attached hydrogens (tertiary/aromatic N) is 1. The summed E-state index contributed by atoms with van der Waals surface area (Å²) in [6, 6.07) is 0. The number of halogens is 3. The number of carbonyl (C=O) groups is 1. The second-order valence-electron chi connectivity index (χ2n) is 4.83. The third-order valence-corrected chi connectivity index (χ3v) is 2.74. The van der Waals surface area contributed by atoms with Crippen LogP contribution in [0.1, 0.15) is 33.1 Å². The van der Waals surface area contributed by atoms with Gasteiger partial charge in [0, 0.05) is 13.0 Å². The number of carbonyl (C=O) groups excluding carboxylic acids is 1. The van der Waals surface area contributed by atoms with Gasteiger partial charge in [0.05, 0.1) is 12.7 Å². The summed E-state index contributed by atoms with van der Waals surface area (Å²) in [5, 5.41) is 3.03. The standard InChI is InChI=1S/C11H19F3N2O/c1-8(2)6-9-15-7-10(17)16(9)5-3-4-11(12,13)14/h8-9,15H,3-7H2,1-2H3. The molecule has 0 bridgehead atoms. The number of hydrogen-bond donors (Lipinski definition) is 1. The summed E-state index contributed by atoms with van der Waals surface area (Å²) in [5.74, 6) is 0.307. The van der Waals surface area contributed by atoms with E-state index in [9.17, 15) is 18.0 Å². The van der Waals surface area contributed by atoms with Gasteiger partial charge in [0.15, 0.2) is 0 Å². The largest absolute Gasteiger partial charge is 0.389 e. The van der Waals surface area contributed by atoms with Crippen LogP contribution in [0.2, 0.25) is 0 Å². The van der Waals surface area contributed by atoms with Gasteiger partial charge in [-0.15, -0.1) is 0 Å². The zero-order valence-corrected chi connectivity index (χ0v) is 10.2. The molecule has 0 aromatic rings. The number of alkyl halides is 3. The predicted octanol–water partition coefficient (Wildman–Crippen LogP) is 2.13. The van der Waals surface area contributed by atoms with Crippen LogP contribution in [0.15, 0.2) is 0 Å². The first-order valence-corrected chi connectivity index (χ1v) is 5.89. The lowest BCUT2D eigenvalue weighted by Crippen LogP contribution is -2.39. The fourth-order valence-corrected chi connectivity index (χ4v) is 1.98. The summed E-state index contributed by atoms with van der Waals surface area (Å²) < 4.78 is 36.0. The van der Waals surface area contributed by atoms with E-state index < -0.39 is 12.6 Å². The van der Waals surface area contributed by atoms with Gasteiger partial charge in [-0.25, -0.2) is 0 Å². The molecule has 1 heterocycles. The lowest BCUT2D eigenvalue weighted by atomic mass is 10.1. The molecule has 1 aliphatic rings. The molecule has 0 aromatic carbocycles. The van der Waals surface area contributed by atoms with Gasteiger partial charge >= 0.3 is 6.18 Å². The summed E-state index contributed by atoms with van der Waals surface area (Å²) in [4.78, 5) is 13.0. The molecule has 100 valence electrons. The van der Waals surface area contributed by atoms with Crippen LogP contribution < -0.4 is 5.32 Å². The molecule has 1 saturated heterocycles. The quantitative estimate of drug-likeness (QED) is 0.813. The first-order valence-electron chi connectivity index (χ1n) is 5.89. The van der Waals surface area contributed by atoms with E-state index in [-0.39, 0.29) is 31.6 Å². The molecule has 17 heavy (non-hydrogen) atoms. The van der Waals surface area contributed by atoms with E-state index in [0.717, 1.165) is 6.42 Å².